The Morgan fingerprint density at radius 2 is 0.571 bits per heavy atom. The van der Waals surface area contributed by atoms with Crippen molar-refractivity contribution in [2.45, 2.75) is 181 Å². The van der Waals surface area contributed by atoms with E-state index >= 15 is 0 Å². The van der Waals surface area contributed by atoms with Crippen LogP contribution in [0.15, 0.2) is 146 Å². The van der Waals surface area contributed by atoms with Crippen LogP contribution in [0.5, 0.6) is 0 Å². The minimum absolute atomic E-state index is 0.115. The zero-order valence-electron chi connectivity index (χ0n) is 39.8. The Balaban J connectivity index is 4.56. The minimum atomic E-state index is -0.817. The van der Waals surface area contributed by atoms with Gasteiger partial charge in [0.2, 0.25) is 0 Å². The van der Waals surface area contributed by atoms with E-state index in [1.54, 1.807) is 0 Å². The topological polar surface area (TPSA) is 78.9 Å². The van der Waals surface area contributed by atoms with E-state index in [1.165, 1.54) is 0 Å². The monoisotopic (exact) mass is 867 g/mol. The first-order valence-corrected chi connectivity index (χ1v) is 24.5. The fraction of sp³-hybridized carbons (Fsp3) is 0.526. The Bertz CT molecular complexity index is 1390. The quantitative estimate of drug-likeness (QED) is 0.0264. The van der Waals surface area contributed by atoms with Crippen molar-refractivity contribution in [3.05, 3.63) is 146 Å². The molecular weight excluding hydrogens is 781 g/mol. The fourth-order valence-corrected chi connectivity index (χ4v) is 6.00. The summed E-state index contributed by atoms with van der Waals surface area (Å²) in [5, 5.41) is 0. The van der Waals surface area contributed by atoms with Gasteiger partial charge in [0, 0.05) is 19.3 Å². The van der Waals surface area contributed by atoms with E-state index in [4.69, 9.17) is 14.2 Å². The first-order chi connectivity index (χ1) is 31.0. The van der Waals surface area contributed by atoms with Crippen LogP contribution in [0.1, 0.15) is 175 Å². The third-order valence-electron chi connectivity index (χ3n) is 9.60. The predicted molar refractivity (Wildman–Crippen MR) is 269 cm³/mol. The van der Waals surface area contributed by atoms with Gasteiger partial charge in [0.05, 0.1) is 0 Å². The summed E-state index contributed by atoms with van der Waals surface area (Å²) in [6, 6.07) is 0. The number of carbonyl (C=O) groups is 3. The third-order valence-corrected chi connectivity index (χ3v) is 9.60. The largest absolute Gasteiger partial charge is 0.462 e. The molecule has 6 heteroatoms. The molecule has 0 atom stereocenters. The van der Waals surface area contributed by atoms with Gasteiger partial charge in [-0.3, -0.25) is 14.4 Å². The minimum Gasteiger partial charge on any atom is -0.462 e. The van der Waals surface area contributed by atoms with Gasteiger partial charge in [0.15, 0.2) is 6.10 Å². The number of rotatable bonds is 41. The highest BCUT2D eigenvalue weighted by Crippen LogP contribution is 2.13. The maximum Gasteiger partial charge on any atom is 0.306 e. The Kier molecular flexibility index (Phi) is 46.2. The average Bonchev–Trinajstić information content (AvgIpc) is 3.28. The molecule has 6 nitrogen and oxygen atoms in total. The van der Waals surface area contributed by atoms with Crippen LogP contribution < -0.4 is 0 Å². The Morgan fingerprint density at radius 1 is 0.317 bits per heavy atom. The standard InChI is InChI=1S/C57H86O6/c1-4-7-10-13-16-19-22-25-28-31-34-37-40-43-46-49-55(58)61-52-54(63-57(60)51-48-45-42-39-36-33-30-27-24-21-18-15-12-9-6-3)53-62-56(59)50-47-44-41-38-35-32-29-26-23-20-17-14-11-8-5-2/h7-30,54H,4-6,31-53H2,1-3H3. The van der Waals surface area contributed by atoms with Crippen molar-refractivity contribution in [2.24, 2.45) is 0 Å². The summed E-state index contributed by atoms with van der Waals surface area (Å²) in [6.45, 7) is 6.13. The average molecular weight is 867 g/mol. The molecule has 0 aliphatic rings. The van der Waals surface area contributed by atoms with Gasteiger partial charge in [0.25, 0.3) is 0 Å². The second-order valence-corrected chi connectivity index (χ2v) is 15.5. The van der Waals surface area contributed by atoms with E-state index in [-0.39, 0.29) is 37.5 Å². The Hall–Kier alpha value is -4.71. The molecule has 0 bridgehead atoms. The first-order valence-electron chi connectivity index (χ1n) is 24.5. The molecule has 0 aliphatic carbocycles. The van der Waals surface area contributed by atoms with E-state index < -0.39 is 6.10 Å². The molecule has 350 valence electrons. The molecule has 0 saturated heterocycles. The molecule has 0 unspecified atom stereocenters. The van der Waals surface area contributed by atoms with Crippen molar-refractivity contribution in [1.29, 1.82) is 0 Å². The number of ether oxygens (including phenoxy) is 3. The zero-order chi connectivity index (χ0) is 45.8. The van der Waals surface area contributed by atoms with E-state index in [0.29, 0.717) is 12.8 Å². The lowest BCUT2D eigenvalue weighted by Gasteiger charge is -2.18. The number of unbranched alkanes of at least 4 members (excludes halogenated alkanes) is 15. The summed E-state index contributed by atoms with van der Waals surface area (Å²) in [7, 11) is 0. The van der Waals surface area contributed by atoms with Crippen molar-refractivity contribution in [2.75, 3.05) is 13.2 Å². The van der Waals surface area contributed by atoms with Gasteiger partial charge in [-0.1, -0.05) is 224 Å². The van der Waals surface area contributed by atoms with Crippen LogP contribution >= 0.6 is 0 Å². The lowest BCUT2D eigenvalue weighted by molar-refractivity contribution is -0.167. The molecular formula is C57H86O6. The van der Waals surface area contributed by atoms with Gasteiger partial charge < -0.3 is 14.2 Å². The summed E-state index contributed by atoms with van der Waals surface area (Å²) in [6.07, 6.45) is 71.0. The van der Waals surface area contributed by atoms with E-state index in [2.05, 4.69) is 93.7 Å². The normalized spacial score (nSPS) is 13.4. The molecule has 0 fully saturated rings. The molecule has 0 aromatic carbocycles. The molecule has 0 rings (SSSR count). The molecule has 0 radical (unpaired) electrons. The van der Waals surface area contributed by atoms with Crippen LogP contribution in [-0.4, -0.2) is 37.2 Å². The second-order valence-electron chi connectivity index (χ2n) is 15.5. The third kappa shape index (κ3) is 48.2. The van der Waals surface area contributed by atoms with Gasteiger partial charge in [0.1, 0.15) is 13.2 Å². The summed E-state index contributed by atoms with van der Waals surface area (Å²) < 4.78 is 16.7. The molecule has 0 aromatic heterocycles. The number of esters is 3. The van der Waals surface area contributed by atoms with Gasteiger partial charge in [-0.2, -0.15) is 0 Å². The van der Waals surface area contributed by atoms with Gasteiger partial charge in [-0.25, -0.2) is 0 Å². The molecule has 0 saturated carbocycles. The van der Waals surface area contributed by atoms with Crippen molar-refractivity contribution in [3.8, 4) is 0 Å². The van der Waals surface area contributed by atoms with E-state index in [1.807, 2.05) is 72.9 Å². The molecule has 0 spiro atoms. The van der Waals surface area contributed by atoms with Gasteiger partial charge in [-0.05, 0) is 77.0 Å². The maximum atomic E-state index is 12.8. The number of hydrogen-bond donors (Lipinski definition) is 0. The number of hydrogen-bond acceptors (Lipinski definition) is 6. The lowest BCUT2D eigenvalue weighted by atomic mass is 10.1. The van der Waals surface area contributed by atoms with Crippen molar-refractivity contribution in [3.63, 3.8) is 0 Å². The summed E-state index contributed by atoms with van der Waals surface area (Å²) >= 11 is 0. The van der Waals surface area contributed by atoms with E-state index in [9.17, 15) is 14.4 Å². The highest BCUT2D eigenvalue weighted by Gasteiger charge is 2.19. The smallest absolute Gasteiger partial charge is 0.306 e. The van der Waals surface area contributed by atoms with Crippen LogP contribution in [0, 0.1) is 0 Å². The van der Waals surface area contributed by atoms with Gasteiger partial charge >= 0.3 is 17.9 Å². The molecule has 0 amide bonds. The lowest BCUT2D eigenvalue weighted by Crippen LogP contribution is -2.30. The second kappa shape index (κ2) is 49.9. The maximum absolute atomic E-state index is 12.8. The Morgan fingerprint density at radius 3 is 0.889 bits per heavy atom. The highest BCUT2D eigenvalue weighted by atomic mass is 16.6. The SMILES string of the molecule is CCC=CC=CC=CC=CCCCCCCCC(=O)OCC(COC(=O)CCCCCCCC=CC=CC=CC=CCC)OC(=O)CCCCCCCC=CC=CC=CC=CCC. The summed E-state index contributed by atoms with van der Waals surface area (Å²) in [4.78, 5) is 38.0. The molecule has 0 heterocycles. The molecule has 0 aromatic rings. The number of allylic oxidation sites excluding steroid dienone is 24. The summed E-state index contributed by atoms with van der Waals surface area (Å²) in [5.41, 5.74) is 0. The first kappa shape index (κ1) is 58.3. The van der Waals surface area contributed by atoms with Crippen molar-refractivity contribution in [1.82, 2.24) is 0 Å². The molecule has 0 aliphatic heterocycles. The highest BCUT2D eigenvalue weighted by molar-refractivity contribution is 5.71. The molecule has 63 heavy (non-hydrogen) atoms. The van der Waals surface area contributed by atoms with Crippen LogP contribution in [0.2, 0.25) is 0 Å². The van der Waals surface area contributed by atoms with Crippen LogP contribution in [-0.2, 0) is 28.6 Å². The van der Waals surface area contributed by atoms with Crippen molar-refractivity contribution >= 4 is 17.9 Å². The van der Waals surface area contributed by atoms with Crippen molar-refractivity contribution < 1.29 is 28.6 Å². The number of carbonyl (C=O) groups excluding carboxylic acids is 3. The summed E-state index contributed by atoms with van der Waals surface area (Å²) in [5.74, 6) is -0.997. The molecule has 0 N–H and O–H groups in total. The van der Waals surface area contributed by atoms with Crippen LogP contribution in [0.4, 0.5) is 0 Å². The zero-order valence-corrected chi connectivity index (χ0v) is 39.8. The fourth-order valence-electron chi connectivity index (χ4n) is 6.00. The van der Waals surface area contributed by atoms with Crippen LogP contribution in [0.3, 0.4) is 0 Å². The van der Waals surface area contributed by atoms with Gasteiger partial charge in [-0.15, -0.1) is 0 Å². The van der Waals surface area contributed by atoms with Crippen LogP contribution in [0.25, 0.3) is 0 Å². The Labute approximate surface area is 385 Å². The predicted octanol–water partition coefficient (Wildman–Crippen LogP) is 16.1. The van der Waals surface area contributed by atoms with E-state index in [0.717, 1.165) is 135 Å².